The molecule has 0 radical (unpaired) electrons. The Bertz CT molecular complexity index is 117. The minimum Gasteiger partial charge on any atom is -0.390 e. The van der Waals surface area contributed by atoms with Crippen molar-refractivity contribution in [3.63, 3.8) is 0 Å². The van der Waals surface area contributed by atoms with Crippen molar-refractivity contribution in [3.8, 4) is 0 Å². The summed E-state index contributed by atoms with van der Waals surface area (Å²) < 4.78 is 0. The molecule has 1 nitrogen and oxygen atoms in total. The second-order valence-electron chi connectivity index (χ2n) is 3.58. The van der Waals surface area contributed by atoms with Crippen molar-refractivity contribution >= 4 is 24.8 Å². The van der Waals surface area contributed by atoms with Crippen LogP contribution in [0.5, 0.6) is 0 Å². The number of rotatable bonds is 0. The predicted octanol–water partition coefficient (Wildman–Crippen LogP) is 2.55. The van der Waals surface area contributed by atoms with Crippen molar-refractivity contribution in [3.05, 3.63) is 0 Å². The van der Waals surface area contributed by atoms with Gasteiger partial charge in [-0.1, -0.05) is 12.8 Å². The minimum atomic E-state index is -0.194. The van der Waals surface area contributed by atoms with Gasteiger partial charge in [-0.15, -0.1) is 24.8 Å². The fourth-order valence-electron chi connectivity index (χ4n) is 2.52. The molecule has 0 aromatic carbocycles. The summed E-state index contributed by atoms with van der Waals surface area (Å²) in [6.07, 6.45) is 7.27. The van der Waals surface area contributed by atoms with Crippen molar-refractivity contribution < 1.29 is 5.11 Å². The van der Waals surface area contributed by atoms with Crippen LogP contribution in [0.1, 0.15) is 38.5 Å². The summed E-state index contributed by atoms with van der Waals surface area (Å²) in [5.74, 6) is 0.678. The molecule has 0 aromatic rings. The average molecular weight is 199 g/mol. The molecule has 11 heavy (non-hydrogen) atoms. The topological polar surface area (TPSA) is 20.2 Å². The van der Waals surface area contributed by atoms with E-state index >= 15 is 0 Å². The van der Waals surface area contributed by atoms with Crippen LogP contribution in [0.2, 0.25) is 0 Å². The van der Waals surface area contributed by atoms with Crippen LogP contribution in [0.4, 0.5) is 0 Å². The molecule has 0 aliphatic heterocycles. The molecule has 0 amide bonds. The summed E-state index contributed by atoms with van der Waals surface area (Å²) in [4.78, 5) is 0. The maximum atomic E-state index is 9.83. The van der Waals surface area contributed by atoms with Gasteiger partial charge in [0.15, 0.2) is 0 Å². The van der Waals surface area contributed by atoms with E-state index in [-0.39, 0.29) is 30.4 Å². The fraction of sp³-hybridized carbons (Fsp3) is 1.00. The normalized spacial score (nSPS) is 40.6. The Morgan fingerprint density at radius 2 is 1.45 bits per heavy atom. The van der Waals surface area contributed by atoms with Gasteiger partial charge in [-0.25, -0.2) is 0 Å². The van der Waals surface area contributed by atoms with E-state index in [9.17, 15) is 5.11 Å². The molecule has 0 aromatic heterocycles. The van der Waals surface area contributed by atoms with Crippen LogP contribution in [0.3, 0.4) is 0 Å². The molecule has 0 saturated heterocycles. The zero-order valence-corrected chi connectivity index (χ0v) is 8.22. The Hall–Kier alpha value is 0.540. The standard InChI is InChI=1S/C8H14O.2ClH/c9-8-5-1-3-7(8)4-2-6-8;;/h7,9H,1-6H2;2*1H. The van der Waals surface area contributed by atoms with Gasteiger partial charge in [0.25, 0.3) is 0 Å². The highest BCUT2D eigenvalue weighted by molar-refractivity contribution is 5.85. The third-order valence-corrected chi connectivity index (χ3v) is 3.08. The maximum absolute atomic E-state index is 9.83. The highest BCUT2D eigenvalue weighted by Gasteiger charge is 2.44. The van der Waals surface area contributed by atoms with E-state index in [0.29, 0.717) is 5.92 Å². The number of halogens is 2. The van der Waals surface area contributed by atoms with Gasteiger partial charge in [0, 0.05) is 0 Å². The summed E-state index contributed by atoms with van der Waals surface area (Å²) in [5, 5.41) is 9.83. The highest BCUT2D eigenvalue weighted by atomic mass is 35.5. The van der Waals surface area contributed by atoms with Crippen molar-refractivity contribution in [2.75, 3.05) is 0 Å². The molecular weight excluding hydrogens is 183 g/mol. The van der Waals surface area contributed by atoms with Crippen LogP contribution in [0.25, 0.3) is 0 Å². The van der Waals surface area contributed by atoms with Crippen molar-refractivity contribution in [1.29, 1.82) is 0 Å². The Morgan fingerprint density at radius 3 is 1.82 bits per heavy atom. The molecule has 2 fully saturated rings. The third kappa shape index (κ3) is 1.82. The first kappa shape index (κ1) is 11.5. The van der Waals surface area contributed by atoms with Gasteiger partial charge >= 0.3 is 0 Å². The number of fused-ring (bicyclic) bond motifs is 1. The van der Waals surface area contributed by atoms with Gasteiger partial charge in [0.2, 0.25) is 0 Å². The molecule has 2 aliphatic carbocycles. The molecule has 0 bridgehead atoms. The van der Waals surface area contributed by atoms with E-state index in [1.807, 2.05) is 0 Å². The van der Waals surface area contributed by atoms with E-state index in [1.54, 1.807) is 0 Å². The first-order chi connectivity index (χ1) is 4.31. The highest BCUT2D eigenvalue weighted by Crippen LogP contribution is 2.46. The van der Waals surface area contributed by atoms with E-state index in [2.05, 4.69) is 0 Å². The lowest BCUT2D eigenvalue weighted by molar-refractivity contribution is 0.0235. The first-order valence-corrected chi connectivity index (χ1v) is 4.04. The first-order valence-electron chi connectivity index (χ1n) is 4.04. The SMILES string of the molecule is Cl.Cl.OC12CCCC1CCC2. The van der Waals surface area contributed by atoms with Crippen molar-refractivity contribution in [1.82, 2.24) is 0 Å². The summed E-state index contributed by atoms with van der Waals surface area (Å²) in [6.45, 7) is 0. The molecule has 0 heterocycles. The Kier molecular flexibility index (Phi) is 4.17. The molecule has 3 heteroatoms. The van der Waals surface area contributed by atoms with E-state index in [4.69, 9.17) is 0 Å². The second kappa shape index (κ2) is 3.97. The zero-order valence-electron chi connectivity index (χ0n) is 6.58. The van der Waals surface area contributed by atoms with E-state index in [1.165, 1.54) is 25.7 Å². The zero-order chi connectivity index (χ0) is 6.32. The lowest BCUT2D eigenvalue weighted by Crippen LogP contribution is -2.26. The van der Waals surface area contributed by atoms with Crippen molar-refractivity contribution in [2.24, 2.45) is 5.92 Å². The van der Waals surface area contributed by atoms with Crippen molar-refractivity contribution in [2.45, 2.75) is 44.1 Å². The van der Waals surface area contributed by atoms with Crippen LogP contribution in [0.15, 0.2) is 0 Å². The van der Waals surface area contributed by atoms with E-state index in [0.717, 1.165) is 12.8 Å². The molecule has 2 saturated carbocycles. The number of hydrogen-bond acceptors (Lipinski definition) is 1. The van der Waals surface area contributed by atoms with Gasteiger partial charge < -0.3 is 5.11 Å². The molecule has 68 valence electrons. The van der Waals surface area contributed by atoms with Crippen LogP contribution in [0, 0.1) is 5.92 Å². The summed E-state index contributed by atoms with van der Waals surface area (Å²) in [6, 6.07) is 0. The Labute approximate surface area is 80.4 Å². The average Bonchev–Trinajstić information content (AvgIpc) is 2.22. The molecule has 0 atom stereocenters. The molecule has 0 spiro atoms. The van der Waals surface area contributed by atoms with Crippen LogP contribution < -0.4 is 0 Å². The van der Waals surface area contributed by atoms with Gasteiger partial charge in [-0.3, -0.25) is 0 Å². The Morgan fingerprint density at radius 1 is 1.00 bits per heavy atom. The summed E-state index contributed by atoms with van der Waals surface area (Å²) in [7, 11) is 0. The van der Waals surface area contributed by atoms with Gasteiger partial charge in [-0.2, -0.15) is 0 Å². The van der Waals surface area contributed by atoms with Gasteiger partial charge in [0.05, 0.1) is 5.60 Å². The second-order valence-corrected chi connectivity index (χ2v) is 3.58. The van der Waals surface area contributed by atoms with Crippen LogP contribution in [-0.2, 0) is 0 Å². The molecular formula is C8H16Cl2O. The molecule has 1 N–H and O–H groups in total. The predicted molar refractivity (Wildman–Crippen MR) is 50.6 cm³/mol. The van der Waals surface area contributed by atoms with Gasteiger partial charge in [0.1, 0.15) is 0 Å². The largest absolute Gasteiger partial charge is 0.390 e. The number of hydrogen-bond donors (Lipinski definition) is 1. The lowest BCUT2D eigenvalue weighted by atomic mass is 9.95. The lowest BCUT2D eigenvalue weighted by Gasteiger charge is -2.21. The third-order valence-electron chi connectivity index (χ3n) is 3.08. The smallest absolute Gasteiger partial charge is 0.0675 e. The maximum Gasteiger partial charge on any atom is 0.0675 e. The number of aliphatic hydroxyl groups is 1. The minimum absolute atomic E-state index is 0. The fourth-order valence-corrected chi connectivity index (χ4v) is 2.52. The van der Waals surface area contributed by atoms with Gasteiger partial charge in [-0.05, 0) is 31.6 Å². The molecule has 0 unspecified atom stereocenters. The Balaban J connectivity index is 0.000000500. The molecule has 2 rings (SSSR count). The summed E-state index contributed by atoms with van der Waals surface area (Å²) in [5.41, 5.74) is -0.194. The monoisotopic (exact) mass is 198 g/mol. The molecule has 2 aliphatic rings. The quantitative estimate of drug-likeness (QED) is 0.635. The van der Waals surface area contributed by atoms with Crippen LogP contribution in [-0.4, -0.2) is 10.7 Å². The summed E-state index contributed by atoms with van der Waals surface area (Å²) >= 11 is 0. The van der Waals surface area contributed by atoms with Crippen LogP contribution >= 0.6 is 24.8 Å². The van der Waals surface area contributed by atoms with E-state index < -0.39 is 0 Å².